The molecule has 0 saturated carbocycles. The van der Waals surface area contributed by atoms with E-state index in [4.69, 9.17) is 9.31 Å². The van der Waals surface area contributed by atoms with Crippen LogP contribution in [0.5, 0.6) is 11.5 Å². The maximum atomic E-state index is 6.49. The third-order valence-electron chi connectivity index (χ3n) is 4.75. The zero-order valence-electron chi connectivity index (χ0n) is 13.3. The Kier molecular flexibility index (Phi) is 2.66. The van der Waals surface area contributed by atoms with Crippen LogP contribution in [0.25, 0.3) is 0 Å². The van der Waals surface area contributed by atoms with Crippen LogP contribution in [0.2, 0.25) is 0 Å². The quantitative estimate of drug-likeness (QED) is 0.642. The molecule has 3 aromatic carbocycles. The Bertz CT molecular complexity index is 984. The summed E-state index contributed by atoms with van der Waals surface area (Å²) in [4.78, 5) is 0. The smallest absolute Gasteiger partial charge is 0.618 e. The maximum absolute atomic E-state index is 6.49. The van der Waals surface area contributed by atoms with E-state index in [-0.39, 0.29) is 0 Å². The first-order valence-electron chi connectivity index (χ1n) is 8.17. The minimum Gasteiger partial charge on any atom is -0.618 e. The number of hydrogen-bond donors (Lipinski definition) is 0. The van der Waals surface area contributed by atoms with Gasteiger partial charge >= 0.3 is 6.69 Å². The zero-order valence-corrected chi connectivity index (χ0v) is 13.3. The van der Waals surface area contributed by atoms with Gasteiger partial charge in [-0.1, -0.05) is 48.5 Å². The van der Waals surface area contributed by atoms with Crippen LogP contribution in [0.1, 0.15) is 11.1 Å². The number of nitrogens with zero attached hydrogens (tertiary/aromatic N) is 1. The highest BCUT2D eigenvalue weighted by atomic mass is 16.6. The molecule has 2 heterocycles. The van der Waals surface area contributed by atoms with Gasteiger partial charge in [0.2, 0.25) is 0 Å². The van der Waals surface area contributed by atoms with Crippen molar-refractivity contribution < 1.29 is 13.8 Å². The first-order chi connectivity index (χ1) is 11.8. The standard InChI is InChI=1S/C20H16BNO2/c1-15-11-12-18-20(13-15)24-21(17-8-3-2-4-9-17)22(18)14-16-7-5-6-10-19(16)23-21/h2-14H,1H3. The summed E-state index contributed by atoms with van der Waals surface area (Å²) in [5, 5.41) is 0. The molecule has 3 aromatic rings. The molecule has 2 aliphatic rings. The van der Waals surface area contributed by atoms with E-state index in [1.165, 1.54) is 5.56 Å². The zero-order chi connectivity index (χ0) is 16.1. The lowest BCUT2D eigenvalue weighted by atomic mass is 9.62. The Morgan fingerprint density at radius 3 is 2.42 bits per heavy atom. The number of aryl methyl sites for hydroxylation is 1. The fourth-order valence-corrected chi connectivity index (χ4v) is 3.60. The number of fused-ring (bicyclic) bond motifs is 4. The van der Waals surface area contributed by atoms with Gasteiger partial charge < -0.3 is 13.8 Å². The van der Waals surface area contributed by atoms with E-state index in [2.05, 4.69) is 54.0 Å². The largest absolute Gasteiger partial charge is 0.685 e. The van der Waals surface area contributed by atoms with Crippen molar-refractivity contribution in [2.45, 2.75) is 6.92 Å². The lowest BCUT2D eigenvalue weighted by Crippen LogP contribution is -2.65. The predicted octanol–water partition coefficient (Wildman–Crippen LogP) is 3.39. The van der Waals surface area contributed by atoms with Gasteiger partial charge in [0.25, 0.3) is 0 Å². The molecule has 1 atom stereocenters. The van der Waals surface area contributed by atoms with Crippen molar-refractivity contribution >= 4 is 24.1 Å². The molecule has 0 fully saturated rings. The van der Waals surface area contributed by atoms with Crippen molar-refractivity contribution in [3.05, 3.63) is 83.9 Å². The molecule has 0 N–H and O–H groups in total. The van der Waals surface area contributed by atoms with E-state index in [1.807, 2.05) is 36.4 Å². The molecular formula is C20H16BNO2. The Balaban J connectivity index is 1.80. The topological polar surface area (TPSA) is 21.5 Å². The van der Waals surface area contributed by atoms with Crippen molar-refractivity contribution in [3.63, 3.8) is 0 Å². The Morgan fingerprint density at radius 1 is 0.792 bits per heavy atom. The van der Waals surface area contributed by atoms with Crippen molar-refractivity contribution in [1.82, 2.24) is 0 Å². The monoisotopic (exact) mass is 313 g/mol. The van der Waals surface area contributed by atoms with Gasteiger partial charge in [-0.2, -0.15) is 0 Å². The van der Waals surface area contributed by atoms with Gasteiger partial charge in [0, 0.05) is 6.07 Å². The number of hydrogen-bond acceptors (Lipinski definition) is 2. The second kappa shape index (κ2) is 4.74. The van der Waals surface area contributed by atoms with Crippen LogP contribution < -0.4 is 14.8 Å². The minimum absolute atomic E-state index is 0.849. The number of rotatable bonds is 1. The summed E-state index contributed by atoms with van der Waals surface area (Å²) in [6.07, 6.45) is 2.13. The van der Waals surface area contributed by atoms with Crippen LogP contribution in [-0.4, -0.2) is 17.4 Å². The molecule has 3 nitrogen and oxygen atoms in total. The van der Waals surface area contributed by atoms with E-state index < -0.39 is 6.69 Å². The number of benzene rings is 3. The van der Waals surface area contributed by atoms with Gasteiger partial charge in [0.05, 0.1) is 11.3 Å². The van der Waals surface area contributed by atoms with Gasteiger partial charge in [0.15, 0.2) is 5.69 Å². The van der Waals surface area contributed by atoms with Crippen molar-refractivity contribution in [2.75, 3.05) is 0 Å². The van der Waals surface area contributed by atoms with E-state index in [1.54, 1.807) is 0 Å². The first kappa shape index (κ1) is 13.4. The lowest BCUT2D eigenvalue weighted by molar-refractivity contribution is -0.312. The minimum atomic E-state index is -1.82. The SMILES string of the molecule is Cc1ccc2c(c1)O[B-]1(c3ccccc3)Oc3ccccc3C=[N+]21. The molecule has 0 radical (unpaired) electrons. The summed E-state index contributed by atoms with van der Waals surface area (Å²) in [5.74, 6) is 1.71. The highest BCUT2D eigenvalue weighted by Gasteiger charge is 2.57. The summed E-state index contributed by atoms with van der Waals surface area (Å²) < 4.78 is 15.1. The maximum Gasteiger partial charge on any atom is 0.685 e. The van der Waals surface area contributed by atoms with Crippen molar-refractivity contribution in [3.8, 4) is 11.5 Å². The predicted molar refractivity (Wildman–Crippen MR) is 95.8 cm³/mol. The molecule has 24 heavy (non-hydrogen) atoms. The fraction of sp³-hybridized carbons (Fsp3) is 0.0500. The van der Waals surface area contributed by atoms with Crippen LogP contribution in [0, 0.1) is 6.92 Å². The molecule has 0 saturated heterocycles. The van der Waals surface area contributed by atoms with Gasteiger partial charge in [-0.15, -0.1) is 0 Å². The van der Waals surface area contributed by atoms with E-state index in [0.29, 0.717) is 0 Å². The molecule has 0 aliphatic carbocycles. The summed E-state index contributed by atoms with van der Waals surface area (Å²) in [6.45, 7) is 0.253. The Morgan fingerprint density at radius 2 is 1.54 bits per heavy atom. The fourth-order valence-electron chi connectivity index (χ4n) is 3.60. The second-order valence-electron chi connectivity index (χ2n) is 6.36. The van der Waals surface area contributed by atoms with Gasteiger partial charge in [-0.25, -0.2) is 0 Å². The van der Waals surface area contributed by atoms with E-state index in [9.17, 15) is 0 Å². The van der Waals surface area contributed by atoms with Gasteiger partial charge in [-0.3, -0.25) is 0 Å². The van der Waals surface area contributed by atoms with Crippen LogP contribution in [0.15, 0.2) is 72.8 Å². The summed E-state index contributed by atoms with van der Waals surface area (Å²) in [6, 6.07) is 24.5. The molecule has 4 heteroatoms. The second-order valence-corrected chi connectivity index (χ2v) is 6.36. The molecule has 0 spiro atoms. The summed E-state index contributed by atoms with van der Waals surface area (Å²) >= 11 is 0. The van der Waals surface area contributed by atoms with E-state index >= 15 is 0 Å². The van der Waals surface area contributed by atoms with E-state index in [0.717, 1.165) is 28.2 Å². The van der Waals surface area contributed by atoms with Crippen molar-refractivity contribution in [1.29, 1.82) is 0 Å². The lowest BCUT2D eigenvalue weighted by Gasteiger charge is -2.35. The van der Waals surface area contributed by atoms with Crippen LogP contribution in [0.3, 0.4) is 0 Å². The highest BCUT2D eigenvalue weighted by molar-refractivity contribution is 6.77. The molecule has 5 rings (SSSR count). The van der Waals surface area contributed by atoms with Gasteiger partial charge in [0.1, 0.15) is 12.0 Å². The van der Waals surface area contributed by atoms with Crippen molar-refractivity contribution in [2.24, 2.45) is 0 Å². The molecular weight excluding hydrogens is 297 g/mol. The molecule has 0 aromatic heterocycles. The average Bonchev–Trinajstić information content (AvgIpc) is 2.94. The Labute approximate surface area is 140 Å². The summed E-state index contributed by atoms with van der Waals surface area (Å²) in [7, 11) is 0. The van der Waals surface area contributed by atoms with Crippen LogP contribution >= 0.6 is 0 Å². The van der Waals surface area contributed by atoms with Crippen LogP contribution in [0.4, 0.5) is 5.69 Å². The molecule has 116 valence electrons. The molecule has 0 bridgehead atoms. The molecule has 1 unspecified atom stereocenters. The average molecular weight is 313 g/mol. The third-order valence-corrected chi connectivity index (χ3v) is 4.75. The van der Waals surface area contributed by atoms with Crippen LogP contribution in [-0.2, 0) is 0 Å². The normalized spacial score (nSPS) is 20.1. The van der Waals surface area contributed by atoms with Gasteiger partial charge in [-0.05, 0) is 36.1 Å². The molecule has 0 amide bonds. The molecule has 2 aliphatic heterocycles. The first-order valence-corrected chi connectivity index (χ1v) is 8.17. The summed E-state index contributed by atoms with van der Waals surface area (Å²) in [5.41, 5.74) is 4.30. The number of para-hydroxylation sites is 1. The highest BCUT2D eigenvalue weighted by Crippen LogP contribution is 2.42. The third kappa shape index (κ3) is 1.77. The Hall–Kier alpha value is -3.01.